The molecule has 1 spiro atoms. The molecule has 2 fully saturated rings. The predicted octanol–water partition coefficient (Wildman–Crippen LogP) is 4.27. The van der Waals surface area contributed by atoms with Crippen molar-refractivity contribution in [3.63, 3.8) is 0 Å². The lowest BCUT2D eigenvalue weighted by atomic mass is 9.72. The van der Waals surface area contributed by atoms with Gasteiger partial charge in [0.05, 0.1) is 29.8 Å². The summed E-state index contributed by atoms with van der Waals surface area (Å²) >= 11 is 0. The van der Waals surface area contributed by atoms with Gasteiger partial charge in [-0.3, -0.25) is 0 Å². The molecule has 2 aliphatic carbocycles. The molecule has 1 saturated carbocycles. The van der Waals surface area contributed by atoms with E-state index in [1.165, 1.54) is 23.3 Å². The highest BCUT2D eigenvalue weighted by Gasteiger charge is 2.62. The third kappa shape index (κ3) is 2.04. The molecular formula is C21H23FN2O2. The van der Waals surface area contributed by atoms with Gasteiger partial charge in [-0.05, 0) is 62.6 Å². The van der Waals surface area contributed by atoms with E-state index in [-0.39, 0.29) is 23.4 Å². The second-order valence-corrected chi connectivity index (χ2v) is 8.02. The molecule has 0 N–H and O–H groups in total. The number of fused-ring (bicyclic) bond motifs is 3. The van der Waals surface area contributed by atoms with Gasteiger partial charge in [-0.2, -0.15) is 5.10 Å². The van der Waals surface area contributed by atoms with Gasteiger partial charge >= 0.3 is 0 Å². The van der Waals surface area contributed by atoms with Crippen molar-refractivity contribution in [3.05, 3.63) is 53.1 Å². The number of benzene rings is 1. The highest BCUT2D eigenvalue weighted by atomic mass is 19.1. The van der Waals surface area contributed by atoms with Gasteiger partial charge in [-0.15, -0.1) is 0 Å². The number of rotatable bonds is 1. The van der Waals surface area contributed by atoms with Crippen molar-refractivity contribution in [3.8, 4) is 5.69 Å². The van der Waals surface area contributed by atoms with Crippen LogP contribution in [-0.4, -0.2) is 27.8 Å². The largest absolute Gasteiger partial charge is 0.343 e. The van der Waals surface area contributed by atoms with Crippen molar-refractivity contribution in [2.24, 2.45) is 5.41 Å². The molecule has 1 saturated heterocycles. The summed E-state index contributed by atoms with van der Waals surface area (Å²) < 4.78 is 27.9. The summed E-state index contributed by atoms with van der Waals surface area (Å²) in [7, 11) is 0. The molecule has 1 aliphatic heterocycles. The zero-order chi connectivity index (χ0) is 18.1. The van der Waals surface area contributed by atoms with Crippen LogP contribution in [0, 0.1) is 11.2 Å². The Kier molecular flexibility index (Phi) is 3.29. The number of halogens is 1. The van der Waals surface area contributed by atoms with Crippen LogP contribution < -0.4 is 0 Å². The van der Waals surface area contributed by atoms with Gasteiger partial charge in [0.25, 0.3) is 0 Å². The summed E-state index contributed by atoms with van der Waals surface area (Å²) in [6.07, 6.45) is 7.07. The maximum absolute atomic E-state index is 13.3. The third-order valence-electron chi connectivity index (χ3n) is 6.50. The Morgan fingerprint density at radius 2 is 1.85 bits per heavy atom. The SMILES string of the molecule is C[C@@H]1O[C@]2(CCC3=Cc4c(cnn4-c4ccc(F)cc4)C[C@@]32C)O[C@@H]1C. The zero-order valence-electron chi connectivity index (χ0n) is 15.3. The first-order valence-electron chi connectivity index (χ1n) is 9.31. The molecule has 3 aliphatic rings. The first-order valence-corrected chi connectivity index (χ1v) is 9.31. The molecule has 0 amide bonds. The molecule has 136 valence electrons. The first-order chi connectivity index (χ1) is 12.4. The molecular weight excluding hydrogens is 331 g/mol. The average Bonchev–Trinajstić information content (AvgIpc) is 3.22. The zero-order valence-corrected chi connectivity index (χ0v) is 15.3. The van der Waals surface area contributed by atoms with Gasteiger partial charge < -0.3 is 9.47 Å². The molecule has 0 bridgehead atoms. The maximum atomic E-state index is 13.3. The molecule has 2 aromatic rings. The lowest BCUT2D eigenvalue weighted by Gasteiger charge is -2.42. The summed E-state index contributed by atoms with van der Waals surface area (Å²) in [6, 6.07) is 6.46. The molecule has 4 nitrogen and oxygen atoms in total. The number of nitrogens with zero attached hydrogens (tertiary/aromatic N) is 2. The quantitative estimate of drug-likeness (QED) is 0.767. The van der Waals surface area contributed by atoms with Crippen LogP contribution in [0.25, 0.3) is 11.8 Å². The second-order valence-electron chi connectivity index (χ2n) is 8.02. The van der Waals surface area contributed by atoms with E-state index < -0.39 is 5.79 Å². The minimum absolute atomic E-state index is 0.106. The van der Waals surface area contributed by atoms with Crippen molar-refractivity contribution in [2.45, 2.75) is 58.0 Å². The molecule has 1 aromatic heterocycles. The first kappa shape index (κ1) is 16.2. The van der Waals surface area contributed by atoms with Gasteiger partial charge in [0.1, 0.15) is 5.82 Å². The van der Waals surface area contributed by atoms with Crippen LogP contribution in [0.2, 0.25) is 0 Å². The highest BCUT2D eigenvalue weighted by Crippen LogP contribution is 2.60. The van der Waals surface area contributed by atoms with Gasteiger partial charge in [-0.1, -0.05) is 12.5 Å². The van der Waals surface area contributed by atoms with Crippen LogP contribution in [-0.2, 0) is 15.9 Å². The average molecular weight is 354 g/mol. The summed E-state index contributed by atoms with van der Waals surface area (Å²) in [5.41, 5.74) is 4.32. The molecule has 5 rings (SSSR count). The highest BCUT2D eigenvalue weighted by molar-refractivity contribution is 5.62. The van der Waals surface area contributed by atoms with E-state index in [9.17, 15) is 4.39 Å². The van der Waals surface area contributed by atoms with Crippen LogP contribution >= 0.6 is 0 Å². The van der Waals surface area contributed by atoms with E-state index in [2.05, 4.69) is 31.9 Å². The molecule has 0 unspecified atom stereocenters. The van der Waals surface area contributed by atoms with E-state index in [1.807, 2.05) is 10.9 Å². The number of ether oxygens (including phenoxy) is 2. The topological polar surface area (TPSA) is 36.3 Å². The molecule has 4 atom stereocenters. The van der Waals surface area contributed by atoms with E-state index >= 15 is 0 Å². The Hall–Kier alpha value is -1.98. The van der Waals surface area contributed by atoms with Crippen LogP contribution in [0.5, 0.6) is 0 Å². The Morgan fingerprint density at radius 1 is 1.15 bits per heavy atom. The molecule has 26 heavy (non-hydrogen) atoms. The summed E-state index contributed by atoms with van der Waals surface area (Å²) in [4.78, 5) is 0. The van der Waals surface area contributed by atoms with Crippen molar-refractivity contribution in [2.75, 3.05) is 0 Å². The van der Waals surface area contributed by atoms with Crippen molar-refractivity contribution < 1.29 is 13.9 Å². The fraction of sp³-hybridized carbons (Fsp3) is 0.476. The standard InChI is InChI=1S/C21H23FN2O2/c1-13-14(2)26-21(25-13)9-8-16-10-19-15(11-20(16,21)3)12-23-24(19)18-6-4-17(22)5-7-18/h4-7,10,12-14H,8-9,11H2,1-3H3/t13-,14+,20-,21+/m0/s1. The van der Waals surface area contributed by atoms with Crippen molar-refractivity contribution >= 4 is 6.08 Å². The molecule has 5 heteroatoms. The molecule has 0 radical (unpaired) electrons. The second kappa shape index (κ2) is 5.27. The number of aromatic nitrogens is 2. The summed E-state index contributed by atoms with van der Waals surface area (Å²) in [5, 5.41) is 4.57. The predicted molar refractivity (Wildman–Crippen MR) is 96.4 cm³/mol. The van der Waals surface area contributed by atoms with Crippen LogP contribution in [0.15, 0.2) is 36.0 Å². The maximum Gasteiger partial charge on any atom is 0.178 e. The molecule has 1 aromatic carbocycles. The Labute approximate surface area is 152 Å². The number of hydrogen-bond donors (Lipinski definition) is 0. The fourth-order valence-corrected chi connectivity index (χ4v) is 4.79. The summed E-state index contributed by atoms with van der Waals surface area (Å²) in [6.45, 7) is 6.44. The monoisotopic (exact) mass is 354 g/mol. The van der Waals surface area contributed by atoms with Gasteiger partial charge in [0.15, 0.2) is 5.79 Å². The van der Waals surface area contributed by atoms with E-state index in [1.54, 1.807) is 12.1 Å². The fourth-order valence-electron chi connectivity index (χ4n) is 4.79. The minimum Gasteiger partial charge on any atom is -0.343 e. The third-order valence-corrected chi connectivity index (χ3v) is 6.50. The van der Waals surface area contributed by atoms with E-state index in [0.717, 1.165) is 30.6 Å². The smallest absolute Gasteiger partial charge is 0.178 e. The minimum atomic E-state index is -0.534. The van der Waals surface area contributed by atoms with Gasteiger partial charge in [0, 0.05) is 11.8 Å². The number of hydrogen-bond acceptors (Lipinski definition) is 3. The van der Waals surface area contributed by atoms with Crippen molar-refractivity contribution in [1.82, 2.24) is 9.78 Å². The van der Waals surface area contributed by atoms with E-state index in [4.69, 9.17) is 9.47 Å². The molecule has 2 heterocycles. The van der Waals surface area contributed by atoms with Gasteiger partial charge in [0.2, 0.25) is 0 Å². The Balaban J connectivity index is 1.57. The van der Waals surface area contributed by atoms with Crippen LogP contribution in [0.4, 0.5) is 4.39 Å². The van der Waals surface area contributed by atoms with Crippen LogP contribution in [0.3, 0.4) is 0 Å². The van der Waals surface area contributed by atoms with E-state index in [0.29, 0.717) is 0 Å². The van der Waals surface area contributed by atoms with Crippen LogP contribution in [0.1, 0.15) is 44.9 Å². The van der Waals surface area contributed by atoms with Crippen molar-refractivity contribution in [1.29, 1.82) is 0 Å². The van der Waals surface area contributed by atoms with Gasteiger partial charge in [-0.25, -0.2) is 9.07 Å². The Bertz CT molecular complexity index is 891. The lowest BCUT2D eigenvalue weighted by molar-refractivity contribution is -0.222. The summed E-state index contributed by atoms with van der Waals surface area (Å²) in [5.74, 6) is -0.773. The normalized spacial score (nSPS) is 35.5. The lowest BCUT2D eigenvalue weighted by Crippen LogP contribution is -2.46. The Morgan fingerprint density at radius 3 is 2.54 bits per heavy atom.